The van der Waals surface area contributed by atoms with Gasteiger partial charge in [-0.25, -0.2) is 8.78 Å². The van der Waals surface area contributed by atoms with Crippen molar-refractivity contribution < 1.29 is 17.6 Å². The first-order valence-electron chi connectivity index (χ1n) is 5.27. The van der Waals surface area contributed by atoms with Gasteiger partial charge in [0.25, 0.3) is 5.76 Å². The molecule has 0 saturated carbocycles. The SMILES string of the molecule is Nc1cc(F)c(-c2ccc(SC(F)F)cc2)cc1F. The van der Waals surface area contributed by atoms with Gasteiger partial charge in [-0.3, -0.25) is 0 Å². The van der Waals surface area contributed by atoms with Gasteiger partial charge in [0.1, 0.15) is 11.6 Å². The molecule has 0 unspecified atom stereocenters. The second kappa shape index (κ2) is 5.52. The smallest absolute Gasteiger partial charge is 0.288 e. The number of hydrogen-bond acceptors (Lipinski definition) is 2. The lowest BCUT2D eigenvalue weighted by Crippen LogP contribution is -1.94. The molecule has 0 bridgehead atoms. The van der Waals surface area contributed by atoms with E-state index in [9.17, 15) is 17.6 Å². The molecule has 0 heterocycles. The number of hydrogen-bond donors (Lipinski definition) is 1. The Morgan fingerprint density at radius 2 is 1.58 bits per heavy atom. The van der Waals surface area contributed by atoms with Crippen LogP contribution in [0.5, 0.6) is 0 Å². The lowest BCUT2D eigenvalue weighted by Gasteiger charge is -2.07. The fourth-order valence-electron chi connectivity index (χ4n) is 1.60. The van der Waals surface area contributed by atoms with Crippen LogP contribution >= 0.6 is 11.8 Å². The molecular formula is C13H9F4NS. The summed E-state index contributed by atoms with van der Waals surface area (Å²) in [5.41, 5.74) is 5.41. The highest BCUT2D eigenvalue weighted by Crippen LogP contribution is 2.30. The van der Waals surface area contributed by atoms with Crippen molar-refractivity contribution in [3.05, 3.63) is 48.0 Å². The molecule has 0 aliphatic heterocycles. The predicted octanol–water partition coefficient (Wildman–Crippen LogP) is 4.53. The van der Waals surface area contributed by atoms with Crippen LogP contribution in [0.15, 0.2) is 41.3 Å². The zero-order valence-electron chi connectivity index (χ0n) is 9.54. The van der Waals surface area contributed by atoms with Gasteiger partial charge in [-0.15, -0.1) is 0 Å². The average Bonchev–Trinajstić information content (AvgIpc) is 2.34. The van der Waals surface area contributed by atoms with Gasteiger partial charge in [-0.1, -0.05) is 23.9 Å². The molecule has 0 fully saturated rings. The maximum Gasteiger partial charge on any atom is 0.288 e. The minimum atomic E-state index is -2.52. The third-order valence-corrected chi connectivity index (χ3v) is 3.20. The number of rotatable bonds is 3. The Balaban J connectivity index is 2.34. The molecule has 6 heteroatoms. The van der Waals surface area contributed by atoms with Crippen molar-refractivity contribution >= 4 is 17.4 Å². The number of thioether (sulfide) groups is 1. The molecule has 0 radical (unpaired) electrons. The molecule has 1 nitrogen and oxygen atoms in total. The molecule has 2 rings (SSSR count). The molecule has 0 aromatic heterocycles. The van der Waals surface area contributed by atoms with E-state index < -0.39 is 17.4 Å². The van der Waals surface area contributed by atoms with Gasteiger partial charge in [0.2, 0.25) is 0 Å². The number of nitrogen functional groups attached to an aromatic ring is 1. The van der Waals surface area contributed by atoms with Crippen LogP contribution in [0.3, 0.4) is 0 Å². The quantitative estimate of drug-likeness (QED) is 0.510. The summed E-state index contributed by atoms with van der Waals surface area (Å²) in [5.74, 6) is -3.90. The molecule has 0 amide bonds. The van der Waals surface area contributed by atoms with E-state index in [1.165, 1.54) is 24.3 Å². The highest BCUT2D eigenvalue weighted by Gasteiger charge is 2.11. The van der Waals surface area contributed by atoms with Crippen LogP contribution in [-0.4, -0.2) is 5.76 Å². The monoisotopic (exact) mass is 287 g/mol. The van der Waals surface area contributed by atoms with Crippen molar-refractivity contribution in [3.8, 4) is 11.1 Å². The van der Waals surface area contributed by atoms with E-state index in [0.717, 1.165) is 12.1 Å². The molecule has 0 spiro atoms. The van der Waals surface area contributed by atoms with Crippen molar-refractivity contribution in [3.63, 3.8) is 0 Å². The maximum atomic E-state index is 13.7. The van der Waals surface area contributed by atoms with E-state index in [2.05, 4.69) is 0 Å². The third-order valence-electron chi connectivity index (χ3n) is 2.48. The van der Waals surface area contributed by atoms with E-state index in [0.29, 0.717) is 22.2 Å². The van der Waals surface area contributed by atoms with Crippen LogP contribution in [0.25, 0.3) is 11.1 Å². The van der Waals surface area contributed by atoms with E-state index in [-0.39, 0.29) is 11.3 Å². The molecule has 100 valence electrons. The number of anilines is 1. The molecule has 2 aromatic carbocycles. The Kier molecular flexibility index (Phi) is 3.99. The standard InChI is InChI=1S/C13H9F4NS/c14-10-6-12(18)11(15)5-9(10)7-1-3-8(4-2-7)19-13(16)17/h1-6,13H,18H2. The second-order valence-electron chi connectivity index (χ2n) is 3.76. The Bertz CT molecular complexity index is 584. The van der Waals surface area contributed by atoms with Crippen molar-refractivity contribution in [1.29, 1.82) is 0 Å². The van der Waals surface area contributed by atoms with Gasteiger partial charge in [-0.2, -0.15) is 8.78 Å². The number of benzene rings is 2. The van der Waals surface area contributed by atoms with E-state index in [4.69, 9.17) is 5.73 Å². The van der Waals surface area contributed by atoms with Crippen molar-refractivity contribution in [1.82, 2.24) is 0 Å². The van der Waals surface area contributed by atoms with Gasteiger partial charge >= 0.3 is 0 Å². The molecule has 0 atom stereocenters. The van der Waals surface area contributed by atoms with Gasteiger partial charge in [0.05, 0.1) is 5.69 Å². The fraction of sp³-hybridized carbons (Fsp3) is 0.0769. The average molecular weight is 287 g/mol. The van der Waals surface area contributed by atoms with E-state index in [1.54, 1.807) is 0 Å². The van der Waals surface area contributed by atoms with Gasteiger partial charge in [0.15, 0.2) is 0 Å². The highest BCUT2D eigenvalue weighted by molar-refractivity contribution is 7.99. The Morgan fingerprint density at radius 3 is 2.16 bits per heavy atom. The molecule has 0 aliphatic rings. The molecule has 2 aromatic rings. The summed E-state index contributed by atoms with van der Waals surface area (Å²) >= 11 is 0.391. The largest absolute Gasteiger partial charge is 0.396 e. The first-order valence-corrected chi connectivity index (χ1v) is 6.15. The van der Waals surface area contributed by atoms with Crippen molar-refractivity contribution in [2.75, 3.05) is 5.73 Å². The van der Waals surface area contributed by atoms with Crippen molar-refractivity contribution in [2.45, 2.75) is 10.7 Å². The number of nitrogens with two attached hydrogens (primary N) is 1. The van der Waals surface area contributed by atoms with E-state index in [1.807, 2.05) is 0 Å². The summed E-state index contributed by atoms with van der Waals surface area (Å²) in [6, 6.07) is 7.66. The minimum Gasteiger partial charge on any atom is -0.396 e. The Labute approximate surface area is 111 Å². The Morgan fingerprint density at radius 1 is 0.947 bits per heavy atom. The highest BCUT2D eigenvalue weighted by atomic mass is 32.2. The summed E-state index contributed by atoms with van der Waals surface area (Å²) in [7, 11) is 0. The summed E-state index contributed by atoms with van der Waals surface area (Å²) in [4.78, 5) is 0.357. The lowest BCUT2D eigenvalue weighted by molar-refractivity contribution is 0.252. The first-order chi connectivity index (χ1) is 8.97. The van der Waals surface area contributed by atoms with Crippen LogP contribution in [0, 0.1) is 11.6 Å². The second-order valence-corrected chi connectivity index (χ2v) is 4.82. The molecule has 0 aliphatic carbocycles. The molecular weight excluding hydrogens is 278 g/mol. The van der Waals surface area contributed by atoms with Crippen LogP contribution in [0.4, 0.5) is 23.2 Å². The summed E-state index contributed by atoms with van der Waals surface area (Å²) in [5, 5.41) is 0. The van der Waals surface area contributed by atoms with Crippen LogP contribution in [0.1, 0.15) is 0 Å². The van der Waals surface area contributed by atoms with Crippen LogP contribution < -0.4 is 5.73 Å². The molecule has 2 N–H and O–H groups in total. The summed E-state index contributed by atoms with van der Waals surface area (Å²) in [6.07, 6.45) is 0. The molecule has 0 saturated heterocycles. The number of halogens is 4. The zero-order valence-corrected chi connectivity index (χ0v) is 10.4. The van der Waals surface area contributed by atoms with Crippen molar-refractivity contribution in [2.24, 2.45) is 0 Å². The summed E-state index contributed by atoms with van der Waals surface area (Å²) < 4.78 is 51.2. The maximum absolute atomic E-state index is 13.7. The lowest BCUT2D eigenvalue weighted by atomic mass is 10.0. The third kappa shape index (κ3) is 3.20. The topological polar surface area (TPSA) is 26.0 Å². The van der Waals surface area contributed by atoms with Gasteiger partial charge in [-0.05, 0) is 23.8 Å². The minimum absolute atomic E-state index is 0.0419. The first kappa shape index (κ1) is 13.7. The fourth-order valence-corrected chi connectivity index (χ4v) is 2.10. The predicted molar refractivity (Wildman–Crippen MR) is 68.1 cm³/mol. The van der Waals surface area contributed by atoms with Crippen LogP contribution in [-0.2, 0) is 0 Å². The van der Waals surface area contributed by atoms with Crippen LogP contribution in [0.2, 0.25) is 0 Å². The van der Waals surface area contributed by atoms with Gasteiger partial charge in [0, 0.05) is 16.5 Å². The zero-order chi connectivity index (χ0) is 14.0. The van der Waals surface area contributed by atoms with Gasteiger partial charge < -0.3 is 5.73 Å². The number of alkyl halides is 2. The molecule has 19 heavy (non-hydrogen) atoms. The normalized spacial score (nSPS) is 11.0. The van der Waals surface area contributed by atoms with E-state index >= 15 is 0 Å². The Hall–Kier alpha value is -1.69. The summed E-state index contributed by atoms with van der Waals surface area (Å²) in [6.45, 7) is 0.